The Hall–Kier alpha value is -2.85. The molecule has 1 fully saturated rings. The van der Waals surface area contributed by atoms with Crippen molar-refractivity contribution in [1.29, 1.82) is 0 Å². The highest BCUT2D eigenvalue weighted by Crippen LogP contribution is 2.30. The van der Waals surface area contributed by atoms with Crippen LogP contribution in [0, 0.1) is 15.9 Å². The van der Waals surface area contributed by atoms with Gasteiger partial charge in [-0.2, -0.15) is 9.41 Å². The predicted molar refractivity (Wildman–Crippen MR) is 98.7 cm³/mol. The standard InChI is InChI=1S/C17H17FN4O4S/c18-14-5-3-13(4-6-14)12-19-20-16-8-7-15(11-17(16)22(23)24)27(25,26)21-9-1-2-10-21/h3-8,11-12,20H,1-2,9-10H2/b19-12-. The summed E-state index contributed by atoms with van der Waals surface area (Å²) in [6.45, 7) is 0.830. The van der Waals surface area contributed by atoms with Crippen molar-refractivity contribution in [2.75, 3.05) is 18.5 Å². The number of hydrogen-bond donors (Lipinski definition) is 1. The minimum atomic E-state index is -3.75. The number of hydrazone groups is 1. The van der Waals surface area contributed by atoms with E-state index in [0.717, 1.165) is 18.9 Å². The maximum absolute atomic E-state index is 12.9. The van der Waals surface area contributed by atoms with Gasteiger partial charge in [0.15, 0.2) is 0 Å². The fraction of sp³-hybridized carbons (Fsp3) is 0.235. The van der Waals surface area contributed by atoms with Crippen molar-refractivity contribution in [1.82, 2.24) is 4.31 Å². The van der Waals surface area contributed by atoms with Gasteiger partial charge in [-0.15, -0.1) is 0 Å². The van der Waals surface area contributed by atoms with E-state index in [1.165, 1.54) is 46.9 Å². The molecule has 0 spiro atoms. The van der Waals surface area contributed by atoms with Crippen LogP contribution in [-0.4, -0.2) is 37.0 Å². The monoisotopic (exact) mass is 392 g/mol. The fourth-order valence-electron chi connectivity index (χ4n) is 2.72. The van der Waals surface area contributed by atoms with Gasteiger partial charge in [-0.1, -0.05) is 12.1 Å². The zero-order valence-corrected chi connectivity index (χ0v) is 15.0. The second-order valence-electron chi connectivity index (χ2n) is 5.97. The molecule has 3 rings (SSSR count). The fourth-order valence-corrected chi connectivity index (χ4v) is 4.26. The first kappa shape index (κ1) is 18.9. The Morgan fingerprint density at radius 2 is 1.81 bits per heavy atom. The highest BCUT2D eigenvalue weighted by Gasteiger charge is 2.29. The maximum Gasteiger partial charge on any atom is 0.295 e. The number of sulfonamides is 1. The van der Waals surface area contributed by atoms with Crippen LogP contribution in [0.5, 0.6) is 0 Å². The van der Waals surface area contributed by atoms with E-state index in [-0.39, 0.29) is 16.4 Å². The van der Waals surface area contributed by atoms with E-state index in [4.69, 9.17) is 0 Å². The molecule has 0 aromatic heterocycles. The third-order valence-corrected chi connectivity index (χ3v) is 6.03. The van der Waals surface area contributed by atoms with Crippen LogP contribution in [0.4, 0.5) is 15.8 Å². The molecule has 1 heterocycles. The quantitative estimate of drug-likeness (QED) is 0.462. The van der Waals surface area contributed by atoms with Crippen molar-refractivity contribution in [3.63, 3.8) is 0 Å². The Bertz CT molecular complexity index is 971. The third kappa shape index (κ3) is 4.29. The summed E-state index contributed by atoms with van der Waals surface area (Å²) in [6, 6.07) is 9.19. The Kier molecular flexibility index (Phi) is 5.47. The molecule has 1 saturated heterocycles. The molecule has 0 saturated carbocycles. The van der Waals surface area contributed by atoms with Crippen molar-refractivity contribution in [3.05, 3.63) is 64.0 Å². The van der Waals surface area contributed by atoms with Gasteiger partial charge in [0, 0.05) is 19.2 Å². The predicted octanol–water partition coefficient (Wildman–Crippen LogP) is 2.96. The van der Waals surface area contributed by atoms with Gasteiger partial charge in [-0.05, 0) is 42.7 Å². The molecule has 8 nitrogen and oxygen atoms in total. The average molecular weight is 392 g/mol. The van der Waals surface area contributed by atoms with E-state index < -0.39 is 20.6 Å². The SMILES string of the molecule is O=[N+]([O-])c1cc(S(=O)(=O)N2CCCC2)ccc1N/N=C\c1ccc(F)cc1. The lowest BCUT2D eigenvalue weighted by molar-refractivity contribution is -0.384. The number of nitro benzene ring substituents is 1. The number of nitrogens with one attached hydrogen (secondary N) is 1. The largest absolute Gasteiger partial charge is 0.295 e. The van der Waals surface area contributed by atoms with E-state index >= 15 is 0 Å². The summed E-state index contributed by atoms with van der Waals surface area (Å²) in [5, 5.41) is 15.2. The van der Waals surface area contributed by atoms with Gasteiger partial charge in [0.25, 0.3) is 5.69 Å². The first-order chi connectivity index (χ1) is 12.9. The summed E-state index contributed by atoms with van der Waals surface area (Å²) < 4.78 is 39.3. The number of nitrogens with zero attached hydrogens (tertiary/aromatic N) is 3. The topological polar surface area (TPSA) is 105 Å². The van der Waals surface area contributed by atoms with E-state index in [0.29, 0.717) is 18.7 Å². The smallest absolute Gasteiger partial charge is 0.272 e. The molecule has 0 radical (unpaired) electrons. The second kappa shape index (κ2) is 7.80. The zero-order valence-electron chi connectivity index (χ0n) is 14.2. The lowest BCUT2D eigenvalue weighted by Gasteiger charge is -2.15. The van der Waals surface area contributed by atoms with Crippen LogP contribution >= 0.6 is 0 Å². The maximum atomic E-state index is 12.9. The molecule has 0 atom stereocenters. The van der Waals surface area contributed by atoms with Crippen LogP contribution in [-0.2, 0) is 10.0 Å². The van der Waals surface area contributed by atoms with E-state index in [1.54, 1.807) is 0 Å². The molecule has 2 aromatic rings. The molecule has 0 aliphatic carbocycles. The van der Waals surface area contributed by atoms with Gasteiger partial charge >= 0.3 is 0 Å². The molecule has 0 bridgehead atoms. The highest BCUT2D eigenvalue weighted by atomic mass is 32.2. The summed E-state index contributed by atoms with van der Waals surface area (Å²) in [5.41, 5.74) is 2.79. The van der Waals surface area contributed by atoms with E-state index in [2.05, 4.69) is 10.5 Å². The first-order valence-electron chi connectivity index (χ1n) is 8.21. The van der Waals surface area contributed by atoms with Crippen LogP contribution < -0.4 is 5.43 Å². The van der Waals surface area contributed by atoms with Crippen LogP contribution in [0.2, 0.25) is 0 Å². The summed E-state index contributed by atoms with van der Waals surface area (Å²) in [5.74, 6) is -0.384. The lowest BCUT2D eigenvalue weighted by atomic mass is 10.2. The molecule has 10 heteroatoms. The van der Waals surface area contributed by atoms with Gasteiger partial charge in [-0.25, -0.2) is 12.8 Å². The molecule has 1 N–H and O–H groups in total. The number of benzene rings is 2. The molecule has 27 heavy (non-hydrogen) atoms. The van der Waals surface area contributed by atoms with Gasteiger partial charge in [-0.3, -0.25) is 15.5 Å². The number of nitro groups is 1. The Labute approximate surface area is 155 Å². The van der Waals surface area contributed by atoms with Crippen molar-refractivity contribution < 1.29 is 17.7 Å². The van der Waals surface area contributed by atoms with Crippen LogP contribution in [0.25, 0.3) is 0 Å². The first-order valence-corrected chi connectivity index (χ1v) is 9.65. The van der Waals surface area contributed by atoms with Crippen molar-refractivity contribution in [2.45, 2.75) is 17.7 Å². The van der Waals surface area contributed by atoms with Gasteiger partial charge in [0.1, 0.15) is 11.5 Å². The highest BCUT2D eigenvalue weighted by molar-refractivity contribution is 7.89. The Morgan fingerprint density at radius 1 is 1.15 bits per heavy atom. The summed E-state index contributed by atoms with van der Waals surface area (Å²) >= 11 is 0. The van der Waals surface area contributed by atoms with Gasteiger partial charge in [0.2, 0.25) is 10.0 Å². The molecule has 0 amide bonds. The van der Waals surface area contributed by atoms with Gasteiger partial charge < -0.3 is 0 Å². The Balaban J connectivity index is 1.83. The van der Waals surface area contributed by atoms with Crippen molar-refractivity contribution >= 4 is 27.6 Å². The number of hydrogen-bond acceptors (Lipinski definition) is 6. The van der Waals surface area contributed by atoms with Gasteiger partial charge in [0.05, 0.1) is 16.0 Å². The molecule has 142 valence electrons. The summed E-state index contributed by atoms with van der Waals surface area (Å²) in [6.07, 6.45) is 2.93. The number of anilines is 1. The van der Waals surface area contributed by atoms with Crippen molar-refractivity contribution in [3.8, 4) is 0 Å². The molecule has 2 aromatic carbocycles. The number of halogens is 1. The molecule has 1 aliphatic heterocycles. The zero-order chi connectivity index (χ0) is 19.4. The molecule has 0 unspecified atom stereocenters. The molecular formula is C17H17FN4O4S. The molecule has 1 aliphatic rings. The van der Waals surface area contributed by atoms with Crippen molar-refractivity contribution in [2.24, 2.45) is 5.10 Å². The van der Waals surface area contributed by atoms with E-state index in [1.807, 2.05) is 0 Å². The third-order valence-electron chi connectivity index (χ3n) is 4.14. The minimum Gasteiger partial charge on any atom is -0.272 e. The summed E-state index contributed by atoms with van der Waals surface area (Å²) in [4.78, 5) is 10.6. The molecular weight excluding hydrogens is 375 g/mol. The minimum absolute atomic E-state index is 0.0544. The van der Waals surface area contributed by atoms with Crippen LogP contribution in [0.1, 0.15) is 18.4 Å². The normalized spacial score (nSPS) is 15.3. The number of rotatable bonds is 6. The Morgan fingerprint density at radius 3 is 2.44 bits per heavy atom. The average Bonchev–Trinajstić information content (AvgIpc) is 3.19. The summed E-state index contributed by atoms with van der Waals surface area (Å²) in [7, 11) is -3.75. The lowest BCUT2D eigenvalue weighted by Crippen LogP contribution is -2.27. The van der Waals surface area contributed by atoms with Crippen LogP contribution in [0.15, 0.2) is 52.5 Å². The van der Waals surface area contributed by atoms with E-state index in [9.17, 15) is 22.9 Å². The second-order valence-corrected chi connectivity index (χ2v) is 7.91. The van der Waals surface area contributed by atoms with Crippen LogP contribution in [0.3, 0.4) is 0 Å².